The zero-order valence-electron chi connectivity index (χ0n) is 15.1. The minimum atomic E-state index is -3.96. The van der Waals surface area contributed by atoms with Crippen LogP contribution in [0.15, 0.2) is 47.4 Å². The number of halogens is 1. The molecule has 0 fully saturated rings. The number of rotatable bonds is 5. The Balaban J connectivity index is 1.70. The number of sulfonamides is 1. The van der Waals surface area contributed by atoms with Gasteiger partial charge in [0.2, 0.25) is 11.8 Å². The topological polar surface area (TPSA) is 122 Å². The van der Waals surface area contributed by atoms with Crippen LogP contribution in [0.2, 0.25) is 5.02 Å². The van der Waals surface area contributed by atoms with Crippen molar-refractivity contribution in [2.45, 2.75) is 11.8 Å². The van der Waals surface area contributed by atoms with Crippen LogP contribution in [-0.2, 0) is 24.4 Å². The molecule has 0 saturated carbocycles. The summed E-state index contributed by atoms with van der Waals surface area (Å²) < 4.78 is 30.9. The average molecular weight is 438 g/mol. The molecule has 2 N–H and O–H groups in total. The minimum Gasteiger partial charge on any atom is -0.423 e. The van der Waals surface area contributed by atoms with Gasteiger partial charge in [-0.3, -0.25) is 9.59 Å². The van der Waals surface area contributed by atoms with E-state index >= 15 is 0 Å². The Bertz CT molecular complexity index is 1090. The van der Waals surface area contributed by atoms with E-state index in [4.69, 9.17) is 16.3 Å². The molecule has 0 aliphatic carbocycles. The van der Waals surface area contributed by atoms with Gasteiger partial charge in [0, 0.05) is 17.6 Å². The molecule has 0 spiro atoms. The number of ether oxygens (including phenoxy) is 1. The first-order valence-corrected chi connectivity index (χ1v) is 10.2. The van der Waals surface area contributed by atoms with Crippen molar-refractivity contribution in [3.05, 3.63) is 47.5 Å². The Labute approximate surface area is 171 Å². The summed E-state index contributed by atoms with van der Waals surface area (Å²) in [5, 5.41) is 3.05. The standard InChI is InChI=1S/C18H16ClN3O6S/c1-11(23)21-29(26,27)14-5-3-13(4-6-14)20-17(24)9-22-10-18(25)28-16-7-2-12(19)8-15(16)22/h2-8H,9-10H2,1H3,(H,20,24)(H,21,23). The fourth-order valence-corrected chi connectivity index (χ4v) is 3.86. The van der Waals surface area contributed by atoms with Crippen molar-refractivity contribution in [1.82, 2.24) is 4.72 Å². The van der Waals surface area contributed by atoms with Gasteiger partial charge in [0.1, 0.15) is 6.54 Å². The van der Waals surface area contributed by atoms with Gasteiger partial charge in [-0.05, 0) is 42.5 Å². The molecular weight excluding hydrogens is 422 g/mol. The summed E-state index contributed by atoms with van der Waals surface area (Å²) in [6.07, 6.45) is 0. The molecule has 2 amide bonds. The summed E-state index contributed by atoms with van der Waals surface area (Å²) in [5.74, 6) is -1.32. The number of esters is 1. The van der Waals surface area contributed by atoms with E-state index in [9.17, 15) is 22.8 Å². The molecule has 9 nitrogen and oxygen atoms in total. The first-order chi connectivity index (χ1) is 13.6. The molecular formula is C18H16ClN3O6S. The molecule has 11 heteroatoms. The van der Waals surface area contributed by atoms with Crippen LogP contribution in [0.25, 0.3) is 0 Å². The maximum Gasteiger partial charge on any atom is 0.331 e. The third kappa shape index (κ3) is 5.04. The van der Waals surface area contributed by atoms with Gasteiger partial charge in [-0.1, -0.05) is 11.6 Å². The summed E-state index contributed by atoms with van der Waals surface area (Å²) in [6.45, 7) is 0.830. The van der Waals surface area contributed by atoms with Crippen LogP contribution in [0.3, 0.4) is 0 Å². The summed E-state index contributed by atoms with van der Waals surface area (Å²) in [6, 6.07) is 10.0. The number of hydrogen-bond acceptors (Lipinski definition) is 7. The van der Waals surface area contributed by atoms with E-state index in [1.807, 2.05) is 4.72 Å². The second-order valence-electron chi connectivity index (χ2n) is 6.18. The highest BCUT2D eigenvalue weighted by Crippen LogP contribution is 2.34. The number of hydrogen-bond donors (Lipinski definition) is 2. The van der Waals surface area contributed by atoms with Gasteiger partial charge in [0.05, 0.1) is 17.1 Å². The van der Waals surface area contributed by atoms with Gasteiger partial charge in [0.15, 0.2) is 5.75 Å². The number of anilines is 2. The van der Waals surface area contributed by atoms with Crippen molar-refractivity contribution in [3.8, 4) is 5.75 Å². The average Bonchev–Trinajstić information content (AvgIpc) is 2.61. The smallest absolute Gasteiger partial charge is 0.331 e. The highest BCUT2D eigenvalue weighted by atomic mass is 35.5. The van der Waals surface area contributed by atoms with E-state index in [1.54, 1.807) is 18.2 Å². The van der Waals surface area contributed by atoms with Crippen LogP contribution in [-0.4, -0.2) is 39.3 Å². The Kier molecular flexibility index (Phi) is 5.76. The van der Waals surface area contributed by atoms with Crippen LogP contribution >= 0.6 is 11.6 Å². The lowest BCUT2D eigenvalue weighted by atomic mass is 10.2. The number of nitrogens with one attached hydrogen (secondary N) is 2. The predicted molar refractivity (Wildman–Crippen MR) is 105 cm³/mol. The largest absolute Gasteiger partial charge is 0.423 e. The second kappa shape index (κ2) is 8.10. The van der Waals surface area contributed by atoms with Crippen molar-refractivity contribution in [1.29, 1.82) is 0 Å². The molecule has 1 aliphatic rings. The van der Waals surface area contributed by atoms with Crippen molar-refractivity contribution >= 4 is 50.8 Å². The molecule has 0 atom stereocenters. The van der Waals surface area contributed by atoms with Gasteiger partial charge < -0.3 is 15.0 Å². The van der Waals surface area contributed by atoms with Crippen molar-refractivity contribution in [2.75, 3.05) is 23.3 Å². The SMILES string of the molecule is CC(=O)NS(=O)(=O)c1ccc(NC(=O)CN2CC(=O)Oc3ccc(Cl)cc32)cc1. The predicted octanol–water partition coefficient (Wildman–Crippen LogP) is 1.53. The third-order valence-electron chi connectivity index (χ3n) is 3.87. The summed E-state index contributed by atoms with van der Waals surface area (Å²) in [7, 11) is -3.96. The Morgan fingerprint density at radius 3 is 2.52 bits per heavy atom. The number of nitrogens with zero attached hydrogens (tertiary/aromatic N) is 1. The van der Waals surface area contributed by atoms with Crippen LogP contribution < -0.4 is 19.7 Å². The molecule has 0 unspecified atom stereocenters. The van der Waals surface area contributed by atoms with E-state index in [2.05, 4.69) is 5.32 Å². The van der Waals surface area contributed by atoms with Gasteiger partial charge >= 0.3 is 5.97 Å². The van der Waals surface area contributed by atoms with Crippen LogP contribution in [0, 0.1) is 0 Å². The van der Waals surface area contributed by atoms with E-state index in [0.717, 1.165) is 6.92 Å². The Morgan fingerprint density at radius 1 is 1.17 bits per heavy atom. The quantitative estimate of drug-likeness (QED) is 0.537. The lowest BCUT2D eigenvalue weighted by molar-refractivity contribution is -0.133. The van der Waals surface area contributed by atoms with Crippen molar-refractivity contribution in [2.24, 2.45) is 0 Å². The fourth-order valence-electron chi connectivity index (χ4n) is 2.70. The molecule has 152 valence electrons. The Hall–Kier alpha value is -3.11. The first-order valence-electron chi connectivity index (χ1n) is 8.32. The van der Waals surface area contributed by atoms with Gasteiger partial charge in [0.25, 0.3) is 10.0 Å². The molecule has 0 aromatic heterocycles. The summed E-state index contributed by atoms with van der Waals surface area (Å²) in [4.78, 5) is 36.5. The van der Waals surface area contributed by atoms with Gasteiger partial charge in [-0.2, -0.15) is 0 Å². The normalized spacial score (nSPS) is 13.3. The monoisotopic (exact) mass is 437 g/mol. The number of benzene rings is 2. The van der Waals surface area contributed by atoms with Crippen LogP contribution in [0.5, 0.6) is 5.75 Å². The van der Waals surface area contributed by atoms with Gasteiger partial charge in [-0.25, -0.2) is 17.9 Å². The molecule has 0 bridgehead atoms. The van der Waals surface area contributed by atoms with Crippen molar-refractivity contribution in [3.63, 3.8) is 0 Å². The maximum atomic E-state index is 12.4. The molecule has 1 aliphatic heterocycles. The Morgan fingerprint density at radius 2 is 1.86 bits per heavy atom. The highest BCUT2D eigenvalue weighted by molar-refractivity contribution is 7.90. The fraction of sp³-hybridized carbons (Fsp3) is 0.167. The highest BCUT2D eigenvalue weighted by Gasteiger charge is 2.26. The molecule has 29 heavy (non-hydrogen) atoms. The zero-order valence-corrected chi connectivity index (χ0v) is 16.7. The van der Waals surface area contributed by atoms with Crippen molar-refractivity contribution < 1.29 is 27.5 Å². The number of fused-ring (bicyclic) bond motifs is 1. The molecule has 0 radical (unpaired) electrons. The molecule has 1 heterocycles. The molecule has 2 aromatic carbocycles. The minimum absolute atomic E-state index is 0.116. The maximum absolute atomic E-state index is 12.4. The molecule has 0 saturated heterocycles. The van der Waals surface area contributed by atoms with Crippen LogP contribution in [0.4, 0.5) is 11.4 Å². The van der Waals surface area contributed by atoms with E-state index in [-0.39, 0.29) is 18.0 Å². The number of carbonyl (C=O) groups is 3. The number of amides is 2. The zero-order chi connectivity index (χ0) is 21.2. The third-order valence-corrected chi connectivity index (χ3v) is 5.55. The number of carbonyl (C=O) groups excluding carboxylic acids is 3. The lowest BCUT2D eigenvalue weighted by Crippen LogP contribution is -2.41. The second-order valence-corrected chi connectivity index (χ2v) is 8.30. The molecule has 3 rings (SSSR count). The summed E-state index contributed by atoms with van der Waals surface area (Å²) in [5.41, 5.74) is 0.867. The first kappa shape index (κ1) is 20.6. The van der Waals surface area contributed by atoms with E-state index in [0.29, 0.717) is 22.1 Å². The van der Waals surface area contributed by atoms with Gasteiger partial charge in [-0.15, -0.1) is 0 Å². The van der Waals surface area contributed by atoms with Crippen LogP contribution in [0.1, 0.15) is 6.92 Å². The molecule has 2 aromatic rings. The lowest BCUT2D eigenvalue weighted by Gasteiger charge is -2.29. The van der Waals surface area contributed by atoms with E-state index < -0.39 is 27.8 Å². The van der Waals surface area contributed by atoms with E-state index in [1.165, 1.54) is 29.2 Å². The summed E-state index contributed by atoms with van der Waals surface area (Å²) >= 11 is 5.98.